The Morgan fingerprint density at radius 1 is 1.43 bits per heavy atom. The minimum atomic E-state index is -0.479. The van der Waals surface area contributed by atoms with Gasteiger partial charge in [-0.2, -0.15) is 0 Å². The van der Waals surface area contributed by atoms with Crippen LogP contribution in [-0.2, 0) is 9.47 Å². The highest BCUT2D eigenvalue weighted by Crippen LogP contribution is 1.99. The van der Waals surface area contributed by atoms with Crippen molar-refractivity contribution in [1.82, 2.24) is 5.32 Å². The molecule has 0 aromatic rings. The van der Waals surface area contributed by atoms with Gasteiger partial charge in [0.05, 0.1) is 19.3 Å². The molecule has 0 radical (unpaired) electrons. The molecule has 0 aromatic heterocycles. The number of aliphatic hydroxyl groups excluding tert-OH is 1. The van der Waals surface area contributed by atoms with Crippen molar-refractivity contribution < 1.29 is 14.6 Å². The summed E-state index contributed by atoms with van der Waals surface area (Å²) in [5, 5.41) is 12.6. The molecule has 0 aromatic carbocycles. The molecule has 0 saturated carbocycles. The number of unbranched alkanes of at least 4 members (excludes halogenated alkanes) is 1. The monoisotopic (exact) mass is 203 g/mol. The highest BCUT2D eigenvalue weighted by Gasteiger charge is 2.18. The third kappa shape index (κ3) is 4.91. The van der Waals surface area contributed by atoms with Crippen molar-refractivity contribution in [1.29, 1.82) is 0 Å². The van der Waals surface area contributed by atoms with Crippen LogP contribution in [0.25, 0.3) is 0 Å². The normalized spacial score (nSPS) is 19.3. The smallest absolute Gasteiger partial charge is 0.101 e. The maximum Gasteiger partial charge on any atom is 0.101 e. The summed E-state index contributed by atoms with van der Waals surface area (Å²) in [6.07, 6.45) is 1.99. The summed E-state index contributed by atoms with van der Waals surface area (Å²) in [4.78, 5) is 0. The highest BCUT2D eigenvalue weighted by atomic mass is 16.5. The Bertz CT molecular complexity index is 139. The Labute approximate surface area is 85.6 Å². The lowest BCUT2D eigenvalue weighted by molar-refractivity contribution is -0.0572. The molecule has 0 spiro atoms. The Kier molecular flexibility index (Phi) is 6.10. The van der Waals surface area contributed by atoms with Crippen molar-refractivity contribution in [3.05, 3.63) is 0 Å². The maximum absolute atomic E-state index is 9.45. The van der Waals surface area contributed by atoms with Gasteiger partial charge in [-0.05, 0) is 6.42 Å². The first-order valence-electron chi connectivity index (χ1n) is 5.41. The van der Waals surface area contributed by atoms with Gasteiger partial charge >= 0.3 is 0 Å². The second kappa shape index (κ2) is 7.17. The van der Waals surface area contributed by atoms with Crippen molar-refractivity contribution in [3.63, 3.8) is 0 Å². The van der Waals surface area contributed by atoms with Crippen LogP contribution in [0, 0.1) is 0 Å². The standard InChI is InChI=1S/C10H21NO3/c1-2-3-4-13-7-9(12)8-14-10-5-11-6-10/h9-12H,2-8H2,1H3. The zero-order valence-corrected chi connectivity index (χ0v) is 8.87. The van der Waals surface area contributed by atoms with Gasteiger partial charge in [-0.3, -0.25) is 0 Å². The van der Waals surface area contributed by atoms with Crippen molar-refractivity contribution in [2.75, 3.05) is 32.9 Å². The Hall–Kier alpha value is -0.160. The van der Waals surface area contributed by atoms with Crippen LogP contribution in [0.5, 0.6) is 0 Å². The molecule has 0 aliphatic carbocycles. The van der Waals surface area contributed by atoms with E-state index in [-0.39, 0.29) is 0 Å². The maximum atomic E-state index is 9.45. The summed E-state index contributed by atoms with van der Waals surface area (Å²) in [7, 11) is 0. The van der Waals surface area contributed by atoms with Gasteiger partial charge in [0.2, 0.25) is 0 Å². The molecule has 1 fully saturated rings. The zero-order chi connectivity index (χ0) is 10.2. The number of hydrogen-bond acceptors (Lipinski definition) is 4. The fourth-order valence-electron chi connectivity index (χ4n) is 1.14. The summed E-state index contributed by atoms with van der Waals surface area (Å²) >= 11 is 0. The number of aliphatic hydroxyl groups is 1. The first-order valence-corrected chi connectivity index (χ1v) is 5.41. The van der Waals surface area contributed by atoms with Gasteiger partial charge in [-0.15, -0.1) is 0 Å². The van der Waals surface area contributed by atoms with Crippen LogP contribution in [0.4, 0.5) is 0 Å². The van der Waals surface area contributed by atoms with E-state index in [1.807, 2.05) is 0 Å². The van der Waals surface area contributed by atoms with Gasteiger partial charge in [0.25, 0.3) is 0 Å². The van der Waals surface area contributed by atoms with Crippen LogP contribution in [0.1, 0.15) is 19.8 Å². The molecule has 1 heterocycles. The van der Waals surface area contributed by atoms with Gasteiger partial charge in [-0.1, -0.05) is 13.3 Å². The third-order valence-electron chi connectivity index (χ3n) is 2.22. The Morgan fingerprint density at radius 2 is 2.21 bits per heavy atom. The lowest BCUT2D eigenvalue weighted by Crippen LogP contribution is -2.49. The van der Waals surface area contributed by atoms with E-state index in [0.717, 1.165) is 32.5 Å². The van der Waals surface area contributed by atoms with Crippen LogP contribution >= 0.6 is 0 Å². The van der Waals surface area contributed by atoms with E-state index in [4.69, 9.17) is 9.47 Å². The van der Waals surface area contributed by atoms with E-state index in [1.165, 1.54) is 0 Å². The van der Waals surface area contributed by atoms with Crippen LogP contribution in [0.3, 0.4) is 0 Å². The summed E-state index contributed by atoms with van der Waals surface area (Å²) in [6, 6.07) is 0. The second-order valence-electron chi connectivity index (χ2n) is 3.70. The molecule has 1 aliphatic rings. The van der Waals surface area contributed by atoms with Crippen molar-refractivity contribution in [3.8, 4) is 0 Å². The molecule has 1 atom stereocenters. The molecule has 1 saturated heterocycles. The minimum Gasteiger partial charge on any atom is -0.388 e. The van der Waals surface area contributed by atoms with Crippen molar-refractivity contribution in [2.45, 2.75) is 32.0 Å². The van der Waals surface area contributed by atoms with Crippen LogP contribution < -0.4 is 5.32 Å². The van der Waals surface area contributed by atoms with Gasteiger partial charge in [0, 0.05) is 19.7 Å². The SMILES string of the molecule is CCCCOCC(O)COC1CNC1. The average Bonchev–Trinajstić information content (AvgIpc) is 2.10. The fraction of sp³-hybridized carbons (Fsp3) is 1.00. The van der Waals surface area contributed by atoms with E-state index >= 15 is 0 Å². The quantitative estimate of drug-likeness (QED) is 0.551. The molecule has 0 bridgehead atoms. The molecule has 84 valence electrons. The molecule has 4 nitrogen and oxygen atoms in total. The molecule has 1 aliphatic heterocycles. The largest absolute Gasteiger partial charge is 0.388 e. The topological polar surface area (TPSA) is 50.7 Å². The summed E-state index contributed by atoms with van der Waals surface area (Å²) in [5.74, 6) is 0. The highest BCUT2D eigenvalue weighted by molar-refractivity contribution is 4.75. The van der Waals surface area contributed by atoms with Gasteiger partial charge < -0.3 is 19.9 Å². The minimum absolute atomic E-state index is 0.292. The lowest BCUT2D eigenvalue weighted by Gasteiger charge is -2.28. The number of rotatable bonds is 8. The van der Waals surface area contributed by atoms with Crippen LogP contribution in [0.15, 0.2) is 0 Å². The summed E-state index contributed by atoms with van der Waals surface area (Å²) < 4.78 is 10.7. The third-order valence-corrected chi connectivity index (χ3v) is 2.22. The summed E-state index contributed by atoms with van der Waals surface area (Å²) in [6.45, 7) is 5.44. The van der Waals surface area contributed by atoms with Gasteiger partial charge in [0.1, 0.15) is 6.10 Å². The van der Waals surface area contributed by atoms with E-state index in [1.54, 1.807) is 0 Å². The predicted molar refractivity (Wildman–Crippen MR) is 54.3 cm³/mol. The predicted octanol–water partition coefficient (Wildman–Crippen LogP) is 0.152. The molecular formula is C10H21NO3. The zero-order valence-electron chi connectivity index (χ0n) is 8.87. The second-order valence-corrected chi connectivity index (χ2v) is 3.70. The molecule has 4 heteroatoms. The van der Waals surface area contributed by atoms with Crippen LogP contribution in [-0.4, -0.2) is 50.2 Å². The Balaban J connectivity index is 1.84. The molecule has 1 rings (SSSR count). The van der Waals surface area contributed by atoms with Crippen molar-refractivity contribution >= 4 is 0 Å². The number of nitrogens with one attached hydrogen (secondary N) is 1. The molecule has 2 N–H and O–H groups in total. The Morgan fingerprint density at radius 3 is 2.79 bits per heavy atom. The van der Waals surface area contributed by atoms with E-state index in [0.29, 0.717) is 19.3 Å². The average molecular weight is 203 g/mol. The van der Waals surface area contributed by atoms with Gasteiger partial charge in [-0.25, -0.2) is 0 Å². The fourth-order valence-corrected chi connectivity index (χ4v) is 1.14. The first kappa shape index (κ1) is 11.9. The molecule has 14 heavy (non-hydrogen) atoms. The molecule has 0 amide bonds. The number of ether oxygens (including phenoxy) is 2. The van der Waals surface area contributed by atoms with Crippen LogP contribution in [0.2, 0.25) is 0 Å². The van der Waals surface area contributed by atoms with Crippen molar-refractivity contribution in [2.24, 2.45) is 0 Å². The lowest BCUT2D eigenvalue weighted by atomic mass is 10.2. The summed E-state index contributed by atoms with van der Waals surface area (Å²) in [5.41, 5.74) is 0. The van der Waals surface area contributed by atoms with E-state index in [9.17, 15) is 5.11 Å². The molecular weight excluding hydrogens is 182 g/mol. The van der Waals surface area contributed by atoms with Gasteiger partial charge in [0.15, 0.2) is 0 Å². The van der Waals surface area contributed by atoms with E-state index in [2.05, 4.69) is 12.2 Å². The number of hydrogen-bond donors (Lipinski definition) is 2. The first-order chi connectivity index (χ1) is 6.83. The molecule has 1 unspecified atom stereocenters. The van der Waals surface area contributed by atoms with E-state index < -0.39 is 6.10 Å².